The van der Waals surface area contributed by atoms with Crippen molar-refractivity contribution in [2.24, 2.45) is 7.05 Å². The number of carbonyl (C=O) groups excluding carboxylic acids is 1. The van der Waals surface area contributed by atoms with Crippen LogP contribution in [0, 0.1) is 5.82 Å². The minimum absolute atomic E-state index is 0.249. The number of benzene rings is 1. The van der Waals surface area contributed by atoms with Gasteiger partial charge in [0.05, 0.1) is 22.5 Å². The number of pyridine rings is 1. The van der Waals surface area contributed by atoms with E-state index in [4.69, 9.17) is 0 Å². The maximum atomic E-state index is 13.5. The van der Waals surface area contributed by atoms with Gasteiger partial charge in [-0.15, -0.1) is 0 Å². The van der Waals surface area contributed by atoms with Gasteiger partial charge in [0, 0.05) is 19.4 Å². The van der Waals surface area contributed by atoms with Gasteiger partial charge in [0.2, 0.25) is 0 Å². The van der Waals surface area contributed by atoms with Gasteiger partial charge in [0.15, 0.2) is 10.8 Å². The lowest BCUT2D eigenvalue weighted by atomic mass is 10.3. The molecule has 0 fully saturated rings. The number of anilines is 1. The Bertz CT molecular complexity index is 1080. The second-order valence-electron chi connectivity index (χ2n) is 5.70. The average molecular weight is 367 g/mol. The normalized spacial score (nSPS) is 11.0. The van der Waals surface area contributed by atoms with Crippen molar-refractivity contribution >= 4 is 32.6 Å². The van der Waals surface area contributed by atoms with E-state index in [2.05, 4.69) is 15.1 Å². The second-order valence-corrected chi connectivity index (χ2v) is 6.70. The van der Waals surface area contributed by atoms with Crippen LogP contribution in [0.2, 0.25) is 0 Å². The maximum absolute atomic E-state index is 13.5. The van der Waals surface area contributed by atoms with Crippen LogP contribution in [0.5, 0.6) is 0 Å². The summed E-state index contributed by atoms with van der Waals surface area (Å²) < 4.78 is 15.7. The van der Waals surface area contributed by atoms with Crippen LogP contribution in [0.1, 0.15) is 16.2 Å². The minimum Gasteiger partial charge on any atom is -0.276 e. The Kier molecular flexibility index (Phi) is 4.18. The van der Waals surface area contributed by atoms with E-state index in [1.54, 1.807) is 36.3 Å². The Labute approximate surface area is 152 Å². The Balaban J connectivity index is 1.76. The molecule has 26 heavy (non-hydrogen) atoms. The van der Waals surface area contributed by atoms with E-state index in [0.29, 0.717) is 21.0 Å². The van der Waals surface area contributed by atoms with Crippen LogP contribution in [0.15, 0.2) is 54.9 Å². The highest BCUT2D eigenvalue weighted by molar-refractivity contribution is 7.22. The Morgan fingerprint density at radius 2 is 2.15 bits per heavy atom. The fourth-order valence-electron chi connectivity index (χ4n) is 2.55. The topological polar surface area (TPSA) is 63.9 Å². The average Bonchev–Trinajstić information content (AvgIpc) is 3.25. The van der Waals surface area contributed by atoms with Crippen molar-refractivity contribution in [3.63, 3.8) is 0 Å². The van der Waals surface area contributed by atoms with E-state index < -0.39 is 0 Å². The van der Waals surface area contributed by atoms with Gasteiger partial charge in [-0.2, -0.15) is 5.10 Å². The molecule has 0 atom stereocenters. The molecule has 8 heteroatoms. The SMILES string of the molecule is Cn1ccc(C(=O)N(Cc2ccccn2)c2nc3ccc(F)cc3s2)n1. The van der Waals surface area contributed by atoms with Gasteiger partial charge in [-0.05, 0) is 36.4 Å². The summed E-state index contributed by atoms with van der Waals surface area (Å²) in [6, 6.07) is 11.5. The highest BCUT2D eigenvalue weighted by Gasteiger charge is 2.24. The zero-order valence-electron chi connectivity index (χ0n) is 13.8. The standard InChI is InChI=1S/C18H14FN5OS/c1-23-9-7-15(22-23)17(25)24(11-13-4-2-3-8-20-13)18-21-14-6-5-12(19)10-16(14)26-18/h2-10H,11H2,1H3. The molecule has 0 radical (unpaired) electrons. The van der Waals surface area contributed by atoms with Gasteiger partial charge < -0.3 is 0 Å². The van der Waals surface area contributed by atoms with Crippen LogP contribution in [0.4, 0.5) is 9.52 Å². The zero-order chi connectivity index (χ0) is 18.1. The summed E-state index contributed by atoms with van der Waals surface area (Å²) in [7, 11) is 1.75. The van der Waals surface area contributed by atoms with Crippen molar-refractivity contribution in [2.75, 3.05) is 4.90 Å². The first kappa shape index (κ1) is 16.3. The summed E-state index contributed by atoms with van der Waals surface area (Å²) in [5.74, 6) is -0.615. The Morgan fingerprint density at radius 1 is 1.27 bits per heavy atom. The molecule has 0 aliphatic carbocycles. The smallest absolute Gasteiger partial charge is 0.276 e. The van der Waals surface area contributed by atoms with Crippen LogP contribution in [0.3, 0.4) is 0 Å². The first-order chi connectivity index (χ1) is 12.6. The first-order valence-corrected chi connectivity index (χ1v) is 8.69. The number of amides is 1. The monoisotopic (exact) mass is 367 g/mol. The zero-order valence-corrected chi connectivity index (χ0v) is 14.7. The predicted molar refractivity (Wildman–Crippen MR) is 97.5 cm³/mol. The highest BCUT2D eigenvalue weighted by atomic mass is 32.1. The molecule has 4 rings (SSSR count). The molecule has 1 aromatic carbocycles. The lowest BCUT2D eigenvalue weighted by Crippen LogP contribution is -2.31. The number of thiazole rings is 1. The lowest BCUT2D eigenvalue weighted by molar-refractivity contribution is 0.0979. The van der Waals surface area contributed by atoms with E-state index in [-0.39, 0.29) is 18.3 Å². The lowest BCUT2D eigenvalue weighted by Gasteiger charge is -2.18. The molecule has 0 aliphatic rings. The van der Waals surface area contributed by atoms with Crippen molar-refractivity contribution in [1.82, 2.24) is 19.7 Å². The van der Waals surface area contributed by atoms with Crippen LogP contribution in [0.25, 0.3) is 10.2 Å². The molecule has 0 bridgehead atoms. The number of nitrogens with zero attached hydrogens (tertiary/aromatic N) is 5. The third kappa shape index (κ3) is 3.18. The number of rotatable bonds is 4. The predicted octanol–water partition coefficient (Wildman–Crippen LogP) is 3.41. The molecule has 4 aromatic rings. The molecule has 3 aromatic heterocycles. The van der Waals surface area contributed by atoms with E-state index in [1.807, 2.05) is 18.2 Å². The van der Waals surface area contributed by atoms with Crippen LogP contribution in [-0.4, -0.2) is 25.7 Å². The fourth-order valence-corrected chi connectivity index (χ4v) is 3.54. The molecule has 0 spiro atoms. The number of carbonyl (C=O) groups is 1. The van der Waals surface area contributed by atoms with E-state index in [0.717, 1.165) is 5.69 Å². The molecule has 1 amide bonds. The van der Waals surface area contributed by atoms with E-state index in [9.17, 15) is 9.18 Å². The van der Waals surface area contributed by atoms with Gasteiger partial charge in [0.1, 0.15) is 5.82 Å². The molecule has 0 aliphatic heterocycles. The fraction of sp³-hybridized carbons (Fsp3) is 0.111. The Morgan fingerprint density at radius 3 is 2.88 bits per heavy atom. The summed E-state index contributed by atoms with van der Waals surface area (Å²) in [5.41, 5.74) is 1.68. The van der Waals surface area contributed by atoms with Crippen molar-refractivity contribution in [2.45, 2.75) is 6.54 Å². The largest absolute Gasteiger partial charge is 0.280 e. The molecule has 3 heterocycles. The van der Waals surface area contributed by atoms with Crippen molar-refractivity contribution in [3.05, 3.63) is 72.1 Å². The highest BCUT2D eigenvalue weighted by Crippen LogP contribution is 2.31. The molecular formula is C18H14FN5OS. The number of halogens is 1. The molecule has 0 saturated heterocycles. The van der Waals surface area contributed by atoms with Gasteiger partial charge in [-0.25, -0.2) is 9.37 Å². The minimum atomic E-state index is -0.333. The third-order valence-electron chi connectivity index (χ3n) is 3.79. The summed E-state index contributed by atoms with van der Waals surface area (Å²) in [6.07, 6.45) is 3.38. The van der Waals surface area contributed by atoms with Gasteiger partial charge in [-0.1, -0.05) is 17.4 Å². The van der Waals surface area contributed by atoms with Crippen molar-refractivity contribution in [1.29, 1.82) is 0 Å². The number of hydrogen-bond acceptors (Lipinski definition) is 5. The van der Waals surface area contributed by atoms with Crippen molar-refractivity contribution < 1.29 is 9.18 Å². The van der Waals surface area contributed by atoms with Crippen molar-refractivity contribution in [3.8, 4) is 0 Å². The van der Waals surface area contributed by atoms with Gasteiger partial charge >= 0.3 is 0 Å². The first-order valence-electron chi connectivity index (χ1n) is 7.88. The number of hydrogen-bond donors (Lipinski definition) is 0. The van der Waals surface area contributed by atoms with E-state index in [1.165, 1.54) is 28.4 Å². The van der Waals surface area contributed by atoms with Gasteiger partial charge in [0.25, 0.3) is 5.91 Å². The second kappa shape index (κ2) is 6.64. The van der Waals surface area contributed by atoms with E-state index >= 15 is 0 Å². The molecule has 130 valence electrons. The quantitative estimate of drug-likeness (QED) is 0.554. The summed E-state index contributed by atoms with van der Waals surface area (Å²) >= 11 is 1.26. The van der Waals surface area contributed by atoms with Crippen LogP contribution >= 0.6 is 11.3 Å². The third-order valence-corrected chi connectivity index (χ3v) is 4.84. The van der Waals surface area contributed by atoms with Crippen LogP contribution in [-0.2, 0) is 13.6 Å². The number of fused-ring (bicyclic) bond motifs is 1. The summed E-state index contributed by atoms with van der Waals surface area (Å²) in [4.78, 5) is 23.3. The molecule has 6 nitrogen and oxygen atoms in total. The summed E-state index contributed by atoms with van der Waals surface area (Å²) in [5, 5.41) is 4.67. The Hall–Kier alpha value is -3.13. The summed E-state index contributed by atoms with van der Waals surface area (Å²) in [6.45, 7) is 0.249. The van der Waals surface area contributed by atoms with Gasteiger partial charge in [-0.3, -0.25) is 19.4 Å². The molecule has 0 N–H and O–H groups in total. The number of aromatic nitrogens is 4. The maximum Gasteiger partial charge on any atom is 0.280 e. The molecule has 0 saturated carbocycles. The van der Waals surface area contributed by atoms with Crippen LogP contribution < -0.4 is 4.90 Å². The molecular weight excluding hydrogens is 353 g/mol. The number of aryl methyl sites for hydroxylation is 1. The molecule has 0 unspecified atom stereocenters.